The normalized spacial score (nSPS) is 18.5. The average Bonchev–Trinajstić information content (AvgIpc) is 2.93. The zero-order valence-corrected chi connectivity index (χ0v) is 20.7. The molecule has 2 heterocycles. The second kappa shape index (κ2) is 10.7. The lowest BCUT2D eigenvalue weighted by Gasteiger charge is -2.34. The predicted molar refractivity (Wildman–Crippen MR) is 136 cm³/mol. The second-order valence-electron chi connectivity index (χ2n) is 8.90. The van der Waals surface area contributed by atoms with Crippen LogP contribution >= 0.6 is 0 Å². The quantitative estimate of drug-likeness (QED) is 0.529. The Morgan fingerprint density at radius 2 is 1.53 bits per heavy atom. The fraction of sp³-hybridized carbons (Fsp3) is 0.296. The molecule has 1 atom stereocenters. The average molecular weight is 508 g/mol. The van der Waals surface area contributed by atoms with Gasteiger partial charge in [0.2, 0.25) is 10.0 Å². The molecule has 3 aromatic carbocycles. The van der Waals surface area contributed by atoms with Crippen LogP contribution in [0, 0.1) is 0 Å². The number of amides is 1. The van der Waals surface area contributed by atoms with Crippen LogP contribution in [0.3, 0.4) is 0 Å². The van der Waals surface area contributed by atoms with E-state index in [4.69, 9.17) is 9.47 Å². The maximum atomic E-state index is 12.8. The number of nitrogens with one attached hydrogen (secondary N) is 1. The summed E-state index contributed by atoms with van der Waals surface area (Å²) in [5.41, 5.74) is 1.65. The molecule has 3 aromatic rings. The lowest BCUT2D eigenvalue weighted by molar-refractivity contribution is 0.0789. The summed E-state index contributed by atoms with van der Waals surface area (Å²) in [6.45, 7) is 3.65. The Kier molecular flexibility index (Phi) is 7.22. The number of benzene rings is 3. The minimum Gasteiger partial charge on any atom is -0.486 e. The van der Waals surface area contributed by atoms with Gasteiger partial charge in [0.1, 0.15) is 12.7 Å². The topological polar surface area (TPSA) is 88.2 Å². The number of carbonyl (C=O) groups excluding carboxylic acids is 1. The number of para-hydroxylation sites is 2. The molecular formula is C27H29N3O5S. The van der Waals surface area contributed by atoms with E-state index in [1.807, 2.05) is 54.6 Å². The minimum atomic E-state index is -3.46. The van der Waals surface area contributed by atoms with Crippen molar-refractivity contribution in [2.24, 2.45) is 0 Å². The summed E-state index contributed by atoms with van der Waals surface area (Å²) in [5.74, 6) is 1.24. The van der Waals surface area contributed by atoms with Gasteiger partial charge in [-0.15, -0.1) is 0 Å². The number of nitrogens with zero attached hydrogens (tertiary/aromatic N) is 2. The van der Waals surface area contributed by atoms with Crippen molar-refractivity contribution in [3.63, 3.8) is 0 Å². The van der Waals surface area contributed by atoms with E-state index >= 15 is 0 Å². The molecule has 0 saturated carbocycles. The third kappa shape index (κ3) is 5.53. The molecule has 0 radical (unpaired) electrons. The predicted octanol–water partition coefficient (Wildman–Crippen LogP) is 2.76. The van der Waals surface area contributed by atoms with E-state index in [0.29, 0.717) is 62.1 Å². The summed E-state index contributed by atoms with van der Waals surface area (Å²) in [6, 6.07) is 23.6. The zero-order valence-electron chi connectivity index (χ0n) is 19.9. The highest BCUT2D eigenvalue weighted by atomic mass is 32.2. The van der Waals surface area contributed by atoms with Gasteiger partial charge in [-0.25, -0.2) is 8.42 Å². The van der Waals surface area contributed by atoms with Crippen molar-refractivity contribution in [3.05, 3.63) is 90.0 Å². The number of rotatable bonds is 7. The summed E-state index contributed by atoms with van der Waals surface area (Å²) in [4.78, 5) is 15.2. The third-order valence-corrected chi connectivity index (χ3v) is 8.31. The molecule has 0 aromatic heterocycles. The van der Waals surface area contributed by atoms with E-state index in [-0.39, 0.29) is 12.0 Å². The monoisotopic (exact) mass is 507 g/mol. The van der Waals surface area contributed by atoms with Gasteiger partial charge in [0.05, 0.1) is 11.4 Å². The number of fused-ring (bicyclic) bond motifs is 1. The van der Waals surface area contributed by atoms with Gasteiger partial charge >= 0.3 is 0 Å². The third-order valence-electron chi connectivity index (χ3n) is 6.39. The van der Waals surface area contributed by atoms with Crippen molar-refractivity contribution >= 4 is 15.9 Å². The van der Waals surface area contributed by atoms with Crippen molar-refractivity contribution < 1.29 is 22.7 Å². The summed E-state index contributed by atoms with van der Waals surface area (Å²) < 4.78 is 38.8. The Morgan fingerprint density at radius 1 is 0.861 bits per heavy atom. The molecule has 1 saturated heterocycles. The molecule has 2 aliphatic heterocycles. The van der Waals surface area contributed by atoms with E-state index < -0.39 is 10.0 Å². The molecule has 36 heavy (non-hydrogen) atoms. The molecule has 1 N–H and O–H groups in total. The van der Waals surface area contributed by atoms with Gasteiger partial charge in [-0.3, -0.25) is 9.69 Å². The van der Waals surface area contributed by atoms with Gasteiger partial charge in [0.15, 0.2) is 11.5 Å². The number of piperazine rings is 1. The van der Waals surface area contributed by atoms with Crippen LogP contribution < -0.4 is 14.8 Å². The van der Waals surface area contributed by atoms with Gasteiger partial charge in [-0.1, -0.05) is 42.5 Å². The first-order valence-electron chi connectivity index (χ1n) is 12.0. The Balaban J connectivity index is 1.09. The number of sulfonamides is 1. The number of hydrogen-bond donors (Lipinski definition) is 1. The molecule has 2 aliphatic rings. The first-order chi connectivity index (χ1) is 17.5. The number of carbonyl (C=O) groups is 1. The lowest BCUT2D eigenvalue weighted by Crippen LogP contribution is -2.48. The molecule has 0 aliphatic carbocycles. The lowest BCUT2D eigenvalue weighted by atomic mass is 10.1. The van der Waals surface area contributed by atoms with E-state index in [1.54, 1.807) is 28.6 Å². The van der Waals surface area contributed by atoms with E-state index in [2.05, 4.69) is 10.2 Å². The van der Waals surface area contributed by atoms with Gasteiger partial charge < -0.3 is 14.8 Å². The van der Waals surface area contributed by atoms with Crippen LogP contribution in [-0.2, 0) is 16.6 Å². The minimum absolute atomic E-state index is 0.163. The van der Waals surface area contributed by atoms with Crippen molar-refractivity contribution in [1.82, 2.24) is 14.5 Å². The highest BCUT2D eigenvalue weighted by molar-refractivity contribution is 7.89. The highest BCUT2D eigenvalue weighted by Gasteiger charge is 2.28. The molecule has 8 nitrogen and oxygen atoms in total. The summed E-state index contributed by atoms with van der Waals surface area (Å²) in [5, 5.41) is 2.92. The molecule has 0 unspecified atom stereocenters. The van der Waals surface area contributed by atoms with E-state index in [1.165, 1.54) is 0 Å². The van der Waals surface area contributed by atoms with Crippen molar-refractivity contribution in [2.75, 3.05) is 39.3 Å². The van der Waals surface area contributed by atoms with E-state index in [0.717, 1.165) is 11.3 Å². The first kappa shape index (κ1) is 24.3. The SMILES string of the molecule is O=C(NC[C@H]1COc2ccccc2O1)c1ccc(CN2CCN(S(=O)(=O)c3ccccc3)CC2)cc1. The van der Waals surface area contributed by atoms with Crippen LogP contribution in [0.1, 0.15) is 15.9 Å². The Hall–Kier alpha value is -3.40. The van der Waals surface area contributed by atoms with Crippen LogP contribution in [0.5, 0.6) is 11.5 Å². The molecule has 9 heteroatoms. The van der Waals surface area contributed by atoms with Crippen LogP contribution in [-0.4, -0.2) is 69.0 Å². The molecule has 1 amide bonds. The van der Waals surface area contributed by atoms with Crippen molar-refractivity contribution in [3.8, 4) is 11.5 Å². The Labute approximate surface area is 211 Å². The van der Waals surface area contributed by atoms with Crippen LogP contribution in [0.2, 0.25) is 0 Å². The first-order valence-corrected chi connectivity index (χ1v) is 13.5. The molecule has 5 rings (SSSR count). The zero-order chi connectivity index (χ0) is 25.0. The molecule has 188 valence electrons. The smallest absolute Gasteiger partial charge is 0.251 e. The molecule has 0 spiro atoms. The summed E-state index contributed by atoms with van der Waals surface area (Å²) >= 11 is 0. The van der Waals surface area contributed by atoms with E-state index in [9.17, 15) is 13.2 Å². The maximum Gasteiger partial charge on any atom is 0.251 e. The van der Waals surface area contributed by atoms with Gasteiger partial charge in [-0.05, 0) is 42.0 Å². The van der Waals surface area contributed by atoms with Crippen molar-refractivity contribution in [1.29, 1.82) is 0 Å². The van der Waals surface area contributed by atoms with Gasteiger partial charge in [0.25, 0.3) is 5.91 Å². The number of hydrogen-bond acceptors (Lipinski definition) is 6. The fourth-order valence-corrected chi connectivity index (χ4v) is 5.80. The largest absolute Gasteiger partial charge is 0.486 e. The number of ether oxygens (including phenoxy) is 2. The fourth-order valence-electron chi connectivity index (χ4n) is 4.36. The van der Waals surface area contributed by atoms with Crippen LogP contribution in [0.15, 0.2) is 83.8 Å². The van der Waals surface area contributed by atoms with Gasteiger partial charge in [0, 0.05) is 38.3 Å². The second-order valence-corrected chi connectivity index (χ2v) is 10.8. The summed E-state index contributed by atoms with van der Waals surface area (Å²) in [7, 11) is -3.46. The van der Waals surface area contributed by atoms with Crippen LogP contribution in [0.4, 0.5) is 0 Å². The molecular weight excluding hydrogens is 478 g/mol. The maximum absolute atomic E-state index is 12.8. The molecule has 0 bridgehead atoms. The Morgan fingerprint density at radius 3 is 2.25 bits per heavy atom. The van der Waals surface area contributed by atoms with Gasteiger partial charge in [-0.2, -0.15) is 4.31 Å². The highest BCUT2D eigenvalue weighted by Crippen LogP contribution is 2.30. The van der Waals surface area contributed by atoms with Crippen molar-refractivity contribution in [2.45, 2.75) is 17.5 Å². The Bertz CT molecular complexity index is 1290. The molecule has 1 fully saturated rings. The standard InChI is InChI=1S/C27H29N3O5S/c31-27(28-18-23-20-34-25-8-4-5-9-26(25)35-23)22-12-10-21(11-13-22)19-29-14-16-30(17-15-29)36(32,33)24-6-2-1-3-7-24/h1-13,23H,14-20H2,(H,28,31)/t23-/m0/s1. The summed E-state index contributed by atoms with van der Waals surface area (Å²) in [6.07, 6.45) is -0.243. The van der Waals surface area contributed by atoms with Crippen LogP contribution in [0.25, 0.3) is 0 Å².